The number of likely N-dealkylation sites (tertiary alicyclic amines) is 1. The molecule has 0 aromatic heterocycles. The van der Waals surface area contributed by atoms with Gasteiger partial charge in [-0.05, 0) is 27.2 Å². The third-order valence-electron chi connectivity index (χ3n) is 3.07. The van der Waals surface area contributed by atoms with Crippen LogP contribution in [0.1, 0.15) is 27.2 Å². The lowest BCUT2D eigenvalue weighted by Gasteiger charge is -2.35. The third kappa shape index (κ3) is 3.85. The first kappa shape index (κ1) is 14.3. The van der Waals surface area contributed by atoms with Crippen LogP contribution in [0.4, 0.5) is 4.79 Å². The number of urea groups is 1. The Morgan fingerprint density at radius 3 is 2.35 bits per heavy atom. The zero-order chi connectivity index (χ0) is 13.2. The van der Waals surface area contributed by atoms with Crippen LogP contribution in [0.25, 0.3) is 0 Å². The smallest absolute Gasteiger partial charge is 0.320 e. The zero-order valence-corrected chi connectivity index (χ0v) is 11.9. The van der Waals surface area contributed by atoms with Gasteiger partial charge in [0.25, 0.3) is 0 Å². The molecule has 0 saturated carbocycles. The third-order valence-corrected chi connectivity index (χ3v) is 3.07. The fourth-order valence-electron chi connectivity index (χ4n) is 1.79. The van der Waals surface area contributed by atoms with E-state index in [2.05, 4.69) is 0 Å². The Labute approximate surface area is 104 Å². The summed E-state index contributed by atoms with van der Waals surface area (Å²) < 4.78 is 0. The molecule has 0 spiro atoms. The molecule has 0 bridgehead atoms. The van der Waals surface area contributed by atoms with E-state index in [1.54, 1.807) is 9.96 Å². The van der Waals surface area contributed by atoms with Gasteiger partial charge in [0.05, 0.1) is 12.6 Å². The molecular weight excluding hydrogens is 218 g/mol. The van der Waals surface area contributed by atoms with E-state index in [0.717, 1.165) is 13.0 Å². The predicted octanol–water partition coefficient (Wildman–Crippen LogP) is 1.40. The lowest BCUT2D eigenvalue weighted by atomic mass is 10.1. The van der Waals surface area contributed by atoms with Crippen LogP contribution in [0, 0.1) is 0 Å². The average Bonchev–Trinajstić information content (AvgIpc) is 2.61. The largest absolute Gasteiger partial charge is 0.323 e. The molecule has 1 saturated heterocycles. The van der Waals surface area contributed by atoms with E-state index in [0.29, 0.717) is 6.54 Å². The first-order chi connectivity index (χ1) is 7.71. The van der Waals surface area contributed by atoms with Gasteiger partial charge in [0, 0.05) is 33.2 Å². The number of rotatable bonds is 2. The Bertz CT molecular complexity index is 273. The molecule has 0 aliphatic carbocycles. The molecule has 0 N–H and O–H groups in total. The lowest BCUT2D eigenvalue weighted by molar-refractivity contribution is -0.158. The highest BCUT2D eigenvalue weighted by molar-refractivity contribution is 5.75. The highest BCUT2D eigenvalue weighted by Gasteiger charge is 2.32. The summed E-state index contributed by atoms with van der Waals surface area (Å²) in [6, 6.07) is 0.0855. The molecule has 100 valence electrons. The van der Waals surface area contributed by atoms with Crippen LogP contribution < -0.4 is 0 Å². The highest BCUT2D eigenvalue weighted by Crippen LogP contribution is 2.18. The number of amides is 2. The molecule has 1 aliphatic rings. The number of hydroxylamine groups is 2. The Kier molecular flexibility index (Phi) is 4.38. The van der Waals surface area contributed by atoms with Gasteiger partial charge in [0.1, 0.15) is 0 Å². The number of nitrogens with zero attached hydrogens (tertiary/aromatic N) is 3. The first-order valence-corrected chi connectivity index (χ1v) is 6.08. The summed E-state index contributed by atoms with van der Waals surface area (Å²) in [6.45, 7) is 7.56. The fraction of sp³-hybridized carbons (Fsp3) is 0.917. The molecule has 0 aromatic rings. The molecule has 1 atom stereocenters. The van der Waals surface area contributed by atoms with Crippen molar-refractivity contribution in [3.63, 3.8) is 0 Å². The van der Waals surface area contributed by atoms with Crippen molar-refractivity contribution in [3.05, 3.63) is 0 Å². The summed E-state index contributed by atoms with van der Waals surface area (Å²) in [7, 11) is 5.58. The Morgan fingerprint density at radius 1 is 1.29 bits per heavy atom. The quantitative estimate of drug-likeness (QED) is 0.688. The van der Waals surface area contributed by atoms with Crippen LogP contribution in [0.3, 0.4) is 0 Å². The number of hydrogen-bond acceptors (Lipinski definition) is 3. The van der Waals surface area contributed by atoms with Crippen LogP contribution in [-0.4, -0.2) is 66.8 Å². The van der Waals surface area contributed by atoms with Crippen molar-refractivity contribution in [2.24, 2.45) is 0 Å². The van der Waals surface area contributed by atoms with Gasteiger partial charge in [-0.1, -0.05) is 0 Å². The van der Waals surface area contributed by atoms with Gasteiger partial charge in [-0.15, -0.1) is 0 Å². The fourth-order valence-corrected chi connectivity index (χ4v) is 1.79. The van der Waals surface area contributed by atoms with Gasteiger partial charge in [-0.25, -0.2) is 4.79 Å². The maximum absolute atomic E-state index is 12.2. The summed E-state index contributed by atoms with van der Waals surface area (Å²) in [5.41, 5.74) is -0.141. The minimum absolute atomic E-state index is 0.0855. The average molecular weight is 243 g/mol. The van der Waals surface area contributed by atoms with Crippen molar-refractivity contribution in [1.82, 2.24) is 14.9 Å². The first-order valence-electron chi connectivity index (χ1n) is 6.08. The predicted molar refractivity (Wildman–Crippen MR) is 67.7 cm³/mol. The van der Waals surface area contributed by atoms with Crippen LogP contribution in [0.5, 0.6) is 0 Å². The summed E-state index contributed by atoms with van der Waals surface area (Å²) in [5, 5.41) is 1.70. The molecule has 0 unspecified atom stereocenters. The van der Waals surface area contributed by atoms with E-state index < -0.39 is 0 Å². The van der Waals surface area contributed by atoms with E-state index in [-0.39, 0.29) is 17.7 Å². The van der Waals surface area contributed by atoms with Gasteiger partial charge in [0.2, 0.25) is 0 Å². The van der Waals surface area contributed by atoms with Crippen molar-refractivity contribution in [2.45, 2.75) is 38.8 Å². The minimum Gasteiger partial charge on any atom is -0.323 e. The summed E-state index contributed by atoms with van der Waals surface area (Å²) in [6.07, 6.45) is 1.03. The van der Waals surface area contributed by atoms with Gasteiger partial charge in [-0.3, -0.25) is 4.84 Å². The molecule has 1 fully saturated rings. The van der Waals surface area contributed by atoms with Crippen molar-refractivity contribution < 1.29 is 9.63 Å². The van der Waals surface area contributed by atoms with Crippen molar-refractivity contribution in [1.29, 1.82) is 0 Å². The molecule has 17 heavy (non-hydrogen) atoms. The molecule has 0 radical (unpaired) electrons. The normalized spacial score (nSPS) is 21.1. The van der Waals surface area contributed by atoms with Gasteiger partial charge in [-0.2, -0.15) is 5.06 Å². The Hall–Kier alpha value is -0.810. The number of carbonyl (C=O) groups excluding carboxylic acids is 1. The van der Waals surface area contributed by atoms with Crippen molar-refractivity contribution >= 4 is 6.03 Å². The zero-order valence-electron chi connectivity index (χ0n) is 11.9. The van der Waals surface area contributed by atoms with Gasteiger partial charge >= 0.3 is 6.03 Å². The molecule has 1 aliphatic heterocycles. The second-order valence-corrected chi connectivity index (χ2v) is 5.79. The van der Waals surface area contributed by atoms with E-state index in [1.165, 1.54) is 0 Å². The second-order valence-electron chi connectivity index (χ2n) is 5.79. The van der Waals surface area contributed by atoms with E-state index in [4.69, 9.17) is 4.84 Å². The maximum atomic E-state index is 12.2. The lowest BCUT2D eigenvalue weighted by Crippen LogP contribution is -2.49. The number of carbonyl (C=O) groups is 1. The molecule has 1 heterocycles. The summed E-state index contributed by atoms with van der Waals surface area (Å²) >= 11 is 0. The summed E-state index contributed by atoms with van der Waals surface area (Å²) in [4.78, 5) is 21.4. The van der Waals surface area contributed by atoms with Crippen LogP contribution in [0.2, 0.25) is 0 Å². The molecule has 2 amide bonds. The molecule has 5 nitrogen and oxygen atoms in total. The summed E-state index contributed by atoms with van der Waals surface area (Å²) in [5.74, 6) is 0. The van der Waals surface area contributed by atoms with Crippen molar-refractivity contribution in [2.75, 3.05) is 34.2 Å². The number of hydrogen-bond donors (Lipinski definition) is 0. The van der Waals surface area contributed by atoms with E-state index in [1.807, 2.05) is 46.8 Å². The Morgan fingerprint density at radius 2 is 1.88 bits per heavy atom. The molecule has 1 rings (SSSR count). The van der Waals surface area contributed by atoms with E-state index >= 15 is 0 Å². The van der Waals surface area contributed by atoms with Gasteiger partial charge < -0.3 is 9.80 Å². The molecule has 0 aromatic carbocycles. The SMILES string of the molecule is CN(C)O[C@@H]1CCN(C(=O)N(C)C(C)(C)C)C1. The molecule has 5 heteroatoms. The van der Waals surface area contributed by atoms with Crippen LogP contribution in [0.15, 0.2) is 0 Å². The molecular formula is C12H25N3O2. The van der Waals surface area contributed by atoms with Crippen molar-refractivity contribution in [3.8, 4) is 0 Å². The maximum Gasteiger partial charge on any atom is 0.320 e. The monoisotopic (exact) mass is 243 g/mol. The Balaban J connectivity index is 2.51. The topological polar surface area (TPSA) is 36.0 Å². The van der Waals surface area contributed by atoms with E-state index in [9.17, 15) is 4.79 Å². The standard InChI is InChI=1S/C12H25N3O2/c1-12(2,3)14(6)11(16)15-8-7-10(9-15)17-13(4)5/h10H,7-9H2,1-6H3/t10-/m1/s1. The minimum atomic E-state index is -0.141. The van der Waals surface area contributed by atoms with Crippen LogP contribution >= 0.6 is 0 Å². The highest BCUT2D eigenvalue weighted by atomic mass is 16.7. The second kappa shape index (κ2) is 5.23. The van der Waals surface area contributed by atoms with Gasteiger partial charge in [0.15, 0.2) is 0 Å². The van der Waals surface area contributed by atoms with Crippen LogP contribution in [-0.2, 0) is 4.84 Å².